The molecule has 0 aliphatic rings. The van der Waals surface area contributed by atoms with Crippen molar-refractivity contribution in [3.8, 4) is 0 Å². The Balaban J connectivity index is 2.34. The first kappa shape index (κ1) is 14.1. The van der Waals surface area contributed by atoms with E-state index in [1.807, 2.05) is 40.0 Å². The van der Waals surface area contributed by atoms with Gasteiger partial charge in [0.25, 0.3) is 0 Å². The molecular weight excluding hydrogens is 250 g/mol. The largest absolute Gasteiger partial charge is 0.397 e. The lowest BCUT2D eigenvalue weighted by Crippen LogP contribution is -2.26. The van der Waals surface area contributed by atoms with E-state index in [9.17, 15) is 0 Å². The van der Waals surface area contributed by atoms with Gasteiger partial charge in [-0.3, -0.25) is 9.69 Å². The minimum atomic E-state index is 0.596. The highest BCUT2D eigenvalue weighted by Gasteiger charge is 2.09. The van der Waals surface area contributed by atoms with E-state index in [1.165, 1.54) is 0 Å². The van der Waals surface area contributed by atoms with E-state index in [-0.39, 0.29) is 0 Å². The fourth-order valence-corrected chi connectivity index (χ4v) is 2.07. The van der Waals surface area contributed by atoms with Crippen molar-refractivity contribution in [3.63, 3.8) is 0 Å². The first-order valence-electron chi connectivity index (χ1n) is 6.47. The molecule has 20 heavy (non-hydrogen) atoms. The van der Waals surface area contributed by atoms with Gasteiger partial charge in [-0.25, -0.2) is 5.84 Å². The predicted molar refractivity (Wildman–Crippen MR) is 82.7 cm³/mol. The molecule has 0 saturated heterocycles. The fraction of sp³-hybridized carbons (Fsp3) is 0.267. The molecule has 2 aromatic rings. The molecule has 106 valence electrons. The molecule has 5 nitrogen and oxygen atoms in total. The van der Waals surface area contributed by atoms with Crippen LogP contribution in [-0.2, 0) is 7.05 Å². The van der Waals surface area contributed by atoms with Crippen molar-refractivity contribution in [2.45, 2.75) is 20.8 Å². The summed E-state index contributed by atoms with van der Waals surface area (Å²) >= 11 is 0. The molecule has 2 rings (SSSR count). The van der Waals surface area contributed by atoms with Crippen LogP contribution in [0.3, 0.4) is 0 Å². The molecule has 0 saturated carbocycles. The second kappa shape index (κ2) is 5.38. The molecule has 4 N–H and O–H groups in total. The van der Waals surface area contributed by atoms with Crippen LogP contribution in [0.2, 0.25) is 0 Å². The Labute approximate surface area is 119 Å². The maximum Gasteiger partial charge on any atom is 0.0603 e. The Morgan fingerprint density at radius 1 is 1.30 bits per heavy atom. The zero-order valence-electron chi connectivity index (χ0n) is 12.4. The quantitative estimate of drug-likeness (QED) is 0.661. The van der Waals surface area contributed by atoms with Crippen molar-refractivity contribution in [3.05, 3.63) is 53.0 Å². The summed E-state index contributed by atoms with van der Waals surface area (Å²) in [6.07, 6.45) is 3.48. The first-order chi connectivity index (χ1) is 9.40. The average Bonchev–Trinajstić information content (AvgIpc) is 2.73. The van der Waals surface area contributed by atoms with Gasteiger partial charge in [-0.1, -0.05) is 12.1 Å². The van der Waals surface area contributed by atoms with Crippen LogP contribution in [0.4, 0.5) is 5.69 Å². The summed E-state index contributed by atoms with van der Waals surface area (Å²) < 4.78 is 1.79. The molecule has 0 aliphatic heterocycles. The minimum Gasteiger partial charge on any atom is -0.397 e. The van der Waals surface area contributed by atoms with E-state index >= 15 is 0 Å². The summed E-state index contributed by atoms with van der Waals surface area (Å²) in [6.45, 7) is 6.03. The fourth-order valence-electron chi connectivity index (χ4n) is 2.07. The number of hydrogen-bond acceptors (Lipinski definition) is 4. The zero-order valence-corrected chi connectivity index (χ0v) is 12.4. The SMILES string of the molecule is Cc1ccc(C)c(N(N)/C=C(\N)c2cnn(C)c2C)c1. The Morgan fingerprint density at radius 3 is 2.60 bits per heavy atom. The summed E-state index contributed by atoms with van der Waals surface area (Å²) in [5.41, 5.74) is 11.8. The van der Waals surface area contributed by atoms with Crippen molar-refractivity contribution < 1.29 is 0 Å². The third-order valence-corrected chi connectivity index (χ3v) is 3.47. The van der Waals surface area contributed by atoms with Crippen LogP contribution in [0.1, 0.15) is 22.4 Å². The molecule has 0 aliphatic carbocycles. The minimum absolute atomic E-state index is 0.596. The predicted octanol–water partition coefficient (Wildman–Crippen LogP) is 1.98. The molecular formula is C15H21N5. The summed E-state index contributed by atoms with van der Waals surface area (Å²) in [5.74, 6) is 6.11. The molecule has 0 amide bonds. The highest BCUT2D eigenvalue weighted by atomic mass is 15.4. The van der Waals surface area contributed by atoms with Crippen LogP contribution in [-0.4, -0.2) is 9.78 Å². The molecule has 0 unspecified atom stereocenters. The van der Waals surface area contributed by atoms with Gasteiger partial charge in [0, 0.05) is 24.5 Å². The van der Waals surface area contributed by atoms with E-state index in [1.54, 1.807) is 22.1 Å². The van der Waals surface area contributed by atoms with E-state index < -0.39 is 0 Å². The molecule has 0 fully saturated rings. The van der Waals surface area contributed by atoms with Gasteiger partial charge in [0.1, 0.15) is 0 Å². The maximum atomic E-state index is 6.12. The van der Waals surface area contributed by atoms with Crippen molar-refractivity contribution in [2.75, 3.05) is 5.01 Å². The number of nitrogens with two attached hydrogens (primary N) is 2. The van der Waals surface area contributed by atoms with Gasteiger partial charge < -0.3 is 5.73 Å². The van der Waals surface area contributed by atoms with Gasteiger partial charge in [-0.05, 0) is 38.0 Å². The van der Waals surface area contributed by atoms with Gasteiger partial charge in [0.2, 0.25) is 0 Å². The van der Waals surface area contributed by atoms with Gasteiger partial charge in [0.15, 0.2) is 0 Å². The second-order valence-electron chi connectivity index (χ2n) is 5.05. The van der Waals surface area contributed by atoms with E-state index in [2.05, 4.69) is 11.2 Å². The van der Waals surface area contributed by atoms with E-state index in [0.29, 0.717) is 5.70 Å². The van der Waals surface area contributed by atoms with Gasteiger partial charge in [-0.15, -0.1) is 0 Å². The number of aromatic nitrogens is 2. The smallest absolute Gasteiger partial charge is 0.0603 e. The zero-order chi connectivity index (χ0) is 14.9. The van der Waals surface area contributed by atoms with Crippen LogP contribution < -0.4 is 16.6 Å². The summed E-state index contributed by atoms with van der Waals surface area (Å²) in [6, 6.07) is 6.14. The molecule has 0 atom stereocenters. The summed E-state index contributed by atoms with van der Waals surface area (Å²) in [7, 11) is 1.89. The third kappa shape index (κ3) is 2.67. The number of rotatable bonds is 3. The number of aryl methyl sites for hydroxylation is 3. The Kier molecular flexibility index (Phi) is 3.81. The van der Waals surface area contributed by atoms with Gasteiger partial charge >= 0.3 is 0 Å². The molecule has 0 radical (unpaired) electrons. The standard InChI is InChI=1S/C15H21N5/c1-10-5-6-11(2)15(7-10)20(17)9-14(16)13-8-18-19(4)12(13)3/h5-9H,16-17H2,1-4H3/b14-9-. The molecule has 1 aromatic carbocycles. The number of benzene rings is 1. The second-order valence-corrected chi connectivity index (χ2v) is 5.05. The first-order valence-corrected chi connectivity index (χ1v) is 6.47. The van der Waals surface area contributed by atoms with Crippen molar-refractivity contribution in [1.82, 2.24) is 9.78 Å². The molecule has 1 heterocycles. The lowest BCUT2D eigenvalue weighted by atomic mass is 10.1. The van der Waals surface area contributed by atoms with Crippen molar-refractivity contribution in [2.24, 2.45) is 18.6 Å². The van der Waals surface area contributed by atoms with Crippen molar-refractivity contribution >= 4 is 11.4 Å². The number of hydrogen-bond donors (Lipinski definition) is 2. The highest BCUT2D eigenvalue weighted by Crippen LogP contribution is 2.21. The lowest BCUT2D eigenvalue weighted by molar-refractivity contribution is 0.739. The monoisotopic (exact) mass is 271 g/mol. The van der Waals surface area contributed by atoms with Crippen LogP contribution in [0.15, 0.2) is 30.6 Å². The number of anilines is 1. The van der Waals surface area contributed by atoms with Crippen LogP contribution in [0, 0.1) is 20.8 Å². The molecule has 0 bridgehead atoms. The van der Waals surface area contributed by atoms with Crippen molar-refractivity contribution in [1.29, 1.82) is 0 Å². The van der Waals surface area contributed by atoms with Gasteiger partial charge in [-0.2, -0.15) is 5.10 Å². The Morgan fingerprint density at radius 2 is 2.00 bits per heavy atom. The van der Waals surface area contributed by atoms with Crippen LogP contribution in [0.5, 0.6) is 0 Å². The average molecular weight is 271 g/mol. The summed E-state index contributed by atoms with van der Waals surface area (Å²) in [5, 5.41) is 5.75. The molecule has 0 spiro atoms. The maximum absolute atomic E-state index is 6.12. The normalized spacial score (nSPS) is 11.8. The Bertz CT molecular complexity index is 654. The summed E-state index contributed by atoms with van der Waals surface area (Å²) in [4.78, 5) is 0. The molecule has 1 aromatic heterocycles. The Hall–Kier alpha value is -2.27. The highest BCUT2D eigenvalue weighted by molar-refractivity contribution is 5.68. The van der Waals surface area contributed by atoms with E-state index in [0.717, 1.165) is 28.1 Å². The van der Waals surface area contributed by atoms with Crippen LogP contribution >= 0.6 is 0 Å². The number of nitrogens with zero attached hydrogens (tertiary/aromatic N) is 3. The van der Waals surface area contributed by atoms with Crippen LogP contribution in [0.25, 0.3) is 5.70 Å². The van der Waals surface area contributed by atoms with E-state index in [4.69, 9.17) is 11.6 Å². The topological polar surface area (TPSA) is 73.1 Å². The van der Waals surface area contributed by atoms with Gasteiger partial charge in [0.05, 0.1) is 17.6 Å². The lowest BCUT2D eigenvalue weighted by Gasteiger charge is -2.18. The third-order valence-electron chi connectivity index (χ3n) is 3.47. The molecule has 5 heteroatoms. The number of hydrazine groups is 1.